The number of benzene rings is 1. The summed E-state index contributed by atoms with van der Waals surface area (Å²) in [5, 5.41) is 1.82. The standard InChI is InChI=1S/C21H24N4O3S2/c1-16-6-7-18(13-17(16)2)30(27,28)24-11-9-23(10-12-24)15-25-20(14-29-21(25)26)19-5-3-4-8-22-19/h3-8,13-14H,9-12,15H2,1-2H3. The summed E-state index contributed by atoms with van der Waals surface area (Å²) in [4.78, 5) is 19.1. The molecule has 1 saturated heterocycles. The fourth-order valence-electron chi connectivity index (χ4n) is 3.51. The van der Waals surface area contributed by atoms with Gasteiger partial charge in [0.05, 0.1) is 23.0 Å². The minimum absolute atomic E-state index is 0.0409. The minimum Gasteiger partial charge on any atom is -0.284 e. The van der Waals surface area contributed by atoms with Gasteiger partial charge in [-0.25, -0.2) is 8.42 Å². The van der Waals surface area contributed by atoms with E-state index in [0.717, 1.165) is 33.9 Å². The molecule has 30 heavy (non-hydrogen) atoms. The van der Waals surface area contributed by atoms with Gasteiger partial charge in [0.1, 0.15) is 0 Å². The van der Waals surface area contributed by atoms with Crippen molar-refractivity contribution in [3.8, 4) is 11.4 Å². The van der Waals surface area contributed by atoms with Crippen LogP contribution in [0.2, 0.25) is 0 Å². The van der Waals surface area contributed by atoms with Gasteiger partial charge in [0.25, 0.3) is 0 Å². The first-order chi connectivity index (χ1) is 14.4. The molecule has 0 spiro atoms. The summed E-state index contributed by atoms with van der Waals surface area (Å²) in [6.07, 6.45) is 1.71. The molecule has 1 aromatic carbocycles. The van der Waals surface area contributed by atoms with Crippen molar-refractivity contribution in [1.29, 1.82) is 0 Å². The van der Waals surface area contributed by atoms with Gasteiger partial charge in [0.2, 0.25) is 10.0 Å². The Bertz CT molecular complexity index is 1190. The van der Waals surface area contributed by atoms with E-state index in [9.17, 15) is 13.2 Å². The van der Waals surface area contributed by atoms with Gasteiger partial charge < -0.3 is 0 Å². The fourth-order valence-corrected chi connectivity index (χ4v) is 5.77. The smallest absolute Gasteiger partial charge is 0.284 e. The molecule has 1 aliphatic rings. The summed E-state index contributed by atoms with van der Waals surface area (Å²) >= 11 is 1.15. The Balaban J connectivity index is 1.46. The molecule has 1 fully saturated rings. The van der Waals surface area contributed by atoms with Gasteiger partial charge in [-0.3, -0.25) is 19.2 Å². The predicted molar refractivity (Wildman–Crippen MR) is 118 cm³/mol. The van der Waals surface area contributed by atoms with E-state index in [1.54, 1.807) is 22.9 Å². The summed E-state index contributed by atoms with van der Waals surface area (Å²) in [6, 6.07) is 10.9. The monoisotopic (exact) mass is 444 g/mol. The molecule has 158 valence electrons. The zero-order valence-corrected chi connectivity index (χ0v) is 18.6. The number of pyridine rings is 1. The van der Waals surface area contributed by atoms with Crippen LogP contribution in [-0.2, 0) is 16.7 Å². The zero-order chi connectivity index (χ0) is 21.3. The van der Waals surface area contributed by atoms with E-state index in [-0.39, 0.29) is 4.87 Å². The summed E-state index contributed by atoms with van der Waals surface area (Å²) in [6.45, 7) is 6.23. The lowest BCUT2D eigenvalue weighted by Crippen LogP contribution is -2.49. The van der Waals surface area contributed by atoms with Crippen LogP contribution in [0, 0.1) is 13.8 Å². The largest absolute Gasteiger partial charge is 0.308 e. The van der Waals surface area contributed by atoms with E-state index in [0.29, 0.717) is 37.7 Å². The average Bonchev–Trinajstić information content (AvgIpc) is 3.11. The molecule has 0 N–H and O–H groups in total. The summed E-state index contributed by atoms with van der Waals surface area (Å²) in [5.41, 5.74) is 3.58. The molecule has 1 aliphatic heterocycles. The molecule has 7 nitrogen and oxygen atoms in total. The van der Waals surface area contributed by atoms with Crippen LogP contribution in [0.25, 0.3) is 11.4 Å². The number of rotatable bonds is 5. The quantitative estimate of drug-likeness (QED) is 0.605. The lowest BCUT2D eigenvalue weighted by atomic mass is 10.1. The highest BCUT2D eigenvalue weighted by Crippen LogP contribution is 2.22. The topological polar surface area (TPSA) is 75.5 Å². The first kappa shape index (κ1) is 20.9. The SMILES string of the molecule is Cc1ccc(S(=O)(=O)N2CCN(Cn3c(-c4ccccn4)csc3=O)CC2)cc1C. The molecule has 0 unspecified atom stereocenters. The second kappa shape index (κ2) is 8.43. The predicted octanol–water partition coefficient (Wildman–Crippen LogP) is 2.55. The second-order valence-corrected chi connectivity index (χ2v) is 10.2. The molecule has 2 aromatic heterocycles. The maximum Gasteiger partial charge on any atom is 0.308 e. The summed E-state index contributed by atoms with van der Waals surface area (Å²) in [7, 11) is -3.52. The van der Waals surface area contributed by atoms with Crippen LogP contribution in [0.4, 0.5) is 0 Å². The number of piperazine rings is 1. The molecule has 0 radical (unpaired) electrons. The minimum atomic E-state index is -3.52. The van der Waals surface area contributed by atoms with Crippen LogP contribution < -0.4 is 4.87 Å². The number of hydrogen-bond donors (Lipinski definition) is 0. The third-order valence-corrected chi connectivity index (χ3v) is 8.16. The van der Waals surface area contributed by atoms with Crippen LogP contribution >= 0.6 is 11.3 Å². The van der Waals surface area contributed by atoms with Gasteiger partial charge in [-0.15, -0.1) is 0 Å². The van der Waals surface area contributed by atoms with Crippen LogP contribution in [0.3, 0.4) is 0 Å². The number of hydrogen-bond acceptors (Lipinski definition) is 6. The summed E-state index contributed by atoms with van der Waals surface area (Å²) in [5.74, 6) is 0. The van der Waals surface area contributed by atoms with Crippen molar-refractivity contribution < 1.29 is 8.42 Å². The molecule has 3 heterocycles. The Hall–Kier alpha value is -2.33. The zero-order valence-electron chi connectivity index (χ0n) is 17.0. The summed E-state index contributed by atoms with van der Waals surface area (Å²) < 4.78 is 29.3. The highest BCUT2D eigenvalue weighted by atomic mass is 32.2. The molecular weight excluding hydrogens is 420 g/mol. The van der Waals surface area contributed by atoms with Gasteiger partial charge in [-0.1, -0.05) is 23.5 Å². The Morgan fingerprint density at radius 2 is 1.80 bits per heavy atom. The molecule has 4 rings (SSSR count). The van der Waals surface area contributed by atoms with Gasteiger partial charge in [0, 0.05) is 37.8 Å². The number of aromatic nitrogens is 2. The van der Waals surface area contributed by atoms with Crippen molar-refractivity contribution in [3.05, 3.63) is 68.8 Å². The van der Waals surface area contributed by atoms with Gasteiger partial charge in [-0.2, -0.15) is 4.31 Å². The van der Waals surface area contributed by atoms with Crippen LogP contribution in [0.1, 0.15) is 11.1 Å². The van der Waals surface area contributed by atoms with Crippen LogP contribution in [0.15, 0.2) is 57.7 Å². The maximum absolute atomic E-state index is 13.0. The van der Waals surface area contributed by atoms with E-state index in [4.69, 9.17) is 0 Å². The number of aryl methyl sites for hydroxylation is 2. The van der Waals surface area contributed by atoms with Crippen molar-refractivity contribution in [2.45, 2.75) is 25.4 Å². The second-order valence-electron chi connectivity index (χ2n) is 7.44. The fraction of sp³-hybridized carbons (Fsp3) is 0.333. The molecule has 0 saturated carbocycles. The first-order valence-electron chi connectivity index (χ1n) is 9.76. The molecule has 9 heteroatoms. The van der Waals surface area contributed by atoms with Crippen molar-refractivity contribution in [1.82, 2.24) is 18.8 Å². The van der Waals surface area contributed by atoms with Crippen molar-refractivity contribution in [3.63, 3.8) is 0 Å². The van der Waals surface area contributed by atoms with E-state index in [2.05, 4.69) is 9.88 Å². The van der Waals surface area contributed by atoms with Crippen molar-refractivity contribution in [2.24, 2.45) is 0 Å². The van der Waals surface area contributed by atoms with E-state index in [1.165, 1.54) is 4.31 Å². The first-order valence-corrected chi connectivity index (χ1v) is 12.1. The maximum atomic E-state index is 13.0. The molecule has 0 aliphatic carbocycles. The Labute approximate surface area is 180 Å². The van der Waals surface area contributed by atoms with E-state index >= 15 is 0 Å². The van der Waals surface area contributed by atoms with Crippen molar-refractivity contribution >= 4 is 21.4 Å². The highest BCUT2D eigenvalue weighted by molar-refractivity contribution is 7.89. The van der Waals surface area contributed by atoms with Crippen LogP contribution in [0.5, 0.6) is 0 Å². The highest BCUT2D eigenvalue weighted by Gasteiger charge is 2.29. The lowest BCUT2D eigenvalue weighted by molar-refractivity contribution is 0.152. The molecule has 3 aromatic rings. The van der Waals surface area contributed by atoms with E-state index < -0.39 is 10.0 Å². The molecule has 0 bridgehead atoms. The van der Waals surface area contributed by atoms with Crippen LogP contribution in [-0.4, -0.2) is 53.4 Å². The lowest BCUT2D eigenvalue weighted by Gasteiger charge is -2.34. The Morgan fingerprint density at radius 3 is 2.47 bits per heavy atom. The third kappa shape index (κ3) is 4.11. The number of thiazole rings is 1. The average molecular weight is 445 g/mol. The van der Waals surface area contributed by atoms with Gasteiger partial charge >= 0.3 is 4.87 Å². The Kier molecular flexibility index (Phi) is 5.88. The molecule has 0 atom stereocenters. The van der Waals surface area contributed by atoms with E-state index in [1.807, 2.05) is 43.5 Å². The molecular formula is C21H24N4O3S2. The number of nitrogens with zero attached hydrogens (tertiary/aromatic N) is 4. The van der Waals surface area contributed by atoms with Gasteiger partial charge in [-0.05, 0) is 49.2 Å². The molecule has 0 amide bonds. The van der Waals surface area contributed by atoms with Gasteiger partial charge in [0.15, 0.2) is 0 Å². The number of sulfonamides is 1. The Morgan fingerprint density at radius 1 is 1.03 bits per heavy atom. The van der Waals surface area contributed by atoms with Crippen molar-refractivity contribution in [2.75, 3.05) is 26.2 Å². The normalized spacial score (nSPS) is 16.1. The third-order valence-electron chi connectivity index (χ3n) is 5.50.